The van der Waals surface area contributed by atoms with Crippen LogP contribution in [0.3, 0.4) is 0 Å². The first-order valence-corrected chi connectivity index (χ1v) is 6.17. The molecule has 0 aromatic heterocycles. The number of aliphatic hydroxyl groups is 2. The molecule has 0 aliphatic carbocycles. The van der Waals surface area contributed by atoms with E-state index >= 15 is 0 Å². The summed E-state index contributed by atoms with van der Waals surface area (Å²) in [6.45, 7) is 8.67. The van der Waals surface area contributed by atoms with Crippen LogP contribution < -0.4 is 0 Å². The Hall–Kier alpha value is -0.640. The van der Waals surface area contributed by atoms with Crippen molar-refractivity contribution in [2.45, 2.75) is 52.7 Å². The Balaban J connectivity index is 3.70. The van der Waals surface area contributed by atoms with Crippen LogP contribution in [-0.2, 0) is 4.74 Å². The first-order chi connectivity index (χ1) is 7.91. The minimum atomic E-state index is -0.292. The molecule has 0 fully saturated rings. The zero-order valence-electron chi connectivity index (χ0n) is 11.4. The van der Waals surface area contributed by atoms with E-state index in [2.05, 4.69) is 0 Å². The summed E-state index contributed by atoms with van der Waals surface area (Å²) in [7, 11) is 0. The lowest BCUT2D eigenvalue weighted by Gasteiger charge is -2.05. The molecule has 0 saturated heterocycles. The predicted octanol–water partition coefficient (Wildman–Crippen LogP) is 2.44. The van der Waals surface area contributed by atoms with Crippen LogP contribution in [0.1, 0.15) is 40.5 Å². The van der Waals surface area contributed by atoms with E-state index in [1.165, 1.54) is 0 Å². The van der Waals surface area contributed by atoms with Gasteiger partial charge in [-0.25, -0.2) is 0 Å². The Morgan fingerprint density at radius 2 is 1.29 bits per heavy atom. The summed E-state index contributed by atoms with van der Waals surface area (Å²) in [4.78, 5) is 0. The quantitative estimate of drug-likeness (QED) is 0.508. The van der Waals surface area contributed by atoms with Crippen LogP contribution in [0, 0.1) is 0 Å². The molecule has 0 aromatic carbocycles. The molecule has 0 rings (SSSR count). The highest BCUT2D eigenvalue weighted by Gasteiger charge is 1.97. The maximum Gasteiger partial charge on any atom is 0.0654 e. The summed E-state index contributed by atoms with van der Waals surface area (Å²) in [6, 6.07) is 0. The first kappa shape index (κ1) is 16.4. The maximum absolute atomic E-state index is 9.17. The van der Waals surface area contributed by atoms with Gasteiger partial charge in [0.15, 0.2) is 0 Å². The first-order valence-electron chi connectivity index (χ1n) is 6.17. The van der Waals surface area contributed by atoms with Crippen molar-refractivity contribution in [1.29, 1.82) is 0 Å². The summed E-state index contributed by atoms with van der Waals surface area (Å²) < 4.78 is 5.42. The SMILES string of the molecule is CC(=CCOCC=C(C)CC(C)O)CC(C)O. The van der Waals surface area contributed by atoms with Gasteiger partial charge in [0.05, 0.1) is 25.4 Å². The molecule has 2 N–H and O–H groups in total. The molecule has 0 spiro atoms. The van der Waals surface area contributed by atoms with E-state index in [1.807, 2.05) is 26.0 Å². The number of hydrogen-bond acceptors (Lipinski definition) is 3. The van der Waals surface area contributed by atoms with Gasteiger partial charge in [-0.1, -0.05) is 23.3 Å². The summed E-state index contributed by atoms with van der Waals surface area (Å²) in [5, 5.41) is 18.3. The highest BCUT2D eigenvalue weighted by molar-refractivity contribution is 5.01. The molecule has 2 atom stereocenters. The maximum atomic E-state index is 9.17. The van der Waals surface area contributed by atoms with Crippen LogP contribution in [-0.4, -0.2) is 35.6 Å². The normalized spacial score (nSPS) is 17.1. The smallest absolute Gasteiger partial charge is 0.0654 e. The van der Waals surface area contributed by atoms with E-state index in [-0.39, 0.29) is 12.2 Å². The Morgan fingerprint density at radius 1 is 0.941 bits per heavy atom. The molecular weight excluding hydrogens is 216 g/mol. The molecule has 3 nitrogen and oxygen atoms in total. The van der Waals surface area contributed by atoms with Gasteiger partial charge in [0.25, 0.3) is 0 Å². The summed E-state index contributed by atoms with van der Waals surface area (Å²) in [6.07, 6.45) is 4.79. The second-order valence-electron chi connectivity index (χ2n) is 4.74. The van der Waals surface area contributed by atoms with Crippen molar-refractivity contribution < 1.29 is 14.9 Å². The van der Waals surface area contributed by atoms with Gasteiger partial charge in [0, 0.05) is 0 Å². The van der Waals surface area contributed by atoms with Crippen molar-refractivity contribution >= 4 is 0 Å². The van der Waals surface area contributed by atoms with E-state index in [9.17, 15) is 0 Å². The largest absolute Gasteiger partial charge is 0.393 e. The average molecular weight is 242 g/mol. The van der Waals surface area contributed by atoms with E-state index in [1.54, 1.807) is 13.8 Å². The Kier molecular flexibility index (Phi) is 9.04. The van der Waals surface area contributed by atoms with E-state index in [0.717, 1.165) is 11.1 Å². The van der Waals surface area contributed by atoms with Gasteiger partial charge < -0.3 is 14.9 Å². The van der Waals surface area contributed by atoms with Crippen LogP contribution in [0.5, 0.6) is 0 Å². The molecule has 100 valence electrons. The second kappa shape index (κ2) is 9.40. The molecule has 3 heteroatoms. The van der Waals surface area contributed by atoms with E-state index in [4.69, 9.17) is 14.9 Å². The van der Waals surface area contributed by atoms with Gasteiger partial charge in [-0.05, 0) is 40.5 Å². The average Bonchev–Trinajstić information content (AvgIpc) is 2.14. The van der Waals surface area contributed by atoms with Gasteiger partial charge in [-0.3, -0.25) is 0 Å². The number of hydrogen-bond donors (Lipinski definition) is 2. The molecule has 0 aromatic rings. The molecule has 0 amide bonds. The van der Waals surface area contributed by atoms with Gasteiger partial charge in [-0.2, -0.15) is 0 Å². The van der Waals surface area contributed by atoms with Crippen LogP contribution in [0.4, 0.5) is 0 Å². The van der Waals surface area contributed by atoms with Gasteiger partial charge in [0.1, 0.15) is 0 Å². The standard InChI is InChI=1S/C14H26O3/c1-11(9-13(3)15)5-7-17-8-6-12(2)10-14(4)16/h5-6,13-16H,7-10H2,1-4H3. The van der Waals surface area contributed by atoms with Crippen LogP contribution in [0.15, 0.2) is 23.3 Å². The fourth-order valence-electron chi connectivity index (χ4n) is 1.57. The molecule has 0 aliphatic rings. The molecule has 0 saturated carbocycles. The minimum absolute atomic E-state index is 0.292. The lowest BCUT2D eigenvalue weighted by molar-refractivity contribution is 0.184. The number of rotatable bonds is 8. The zero-order valence-corrected chi connectivity index (χ0v) is 11.4. The predicted molar refractivity (Wildman–Crippen MR) is 70.9 cm³/mol. The second-order valence-corrected chi connectivity index (χ2v) is 4.74. The molecule has 0 bridgehead atoms. The van der Waals surface area contributed by atoms with Crippen LogP contribution in [0.25, 0.3) is 0 Å². The summed E-state index contributed by atoms with van der Waals surface area (Å²) in [5.41, 5.74) is 2.29. The Morgan fingerprint density at radius 3 is 1.59 bits per heavy atom. The van der Waals surface area contributed by atoms with Gasteiger partial charge in [0.2, 0.25) is 0 Å². The van der Waals surface area contributed by atoms with E-state index in [0.29, 0.717) is 26.1 Å². The van der Waals surface area contributed by atoms with Crippen molar-refractivity contribution in [1.82, 2.24) is 0 Å². The summed E-state index contributed by atoms with van der Waals surface area (Å²) >= 11 is 0. The van der Waals surface area contributed by atoms with Crippen molar-refractivity contribution in [3.8, 4) is 0 Å². The molecular formula is C14H26O3. The lowest BCUT2D eigenvalue weighted by Crippen LogP contribution is -2.02. The Labute approximate surface area is 105 Å². The lowest BCUT2D eigenvalue weighted by atomic mass is 10.1. The topological polar surface area (TPSA) is 49.7 Å². The molecule has 0 aliphatic heterocycles. The molecule has 0 heterocycles. The van der Waals surface area contributed by atoms with Crippen LogP contribution in [0.2, 0.25) is 0 Å². The molecule has 17 heavy (non-hydrogen) atoms. The van der Waals surface area contributed by atoms with Crippen molar-refractivity contribution in [2.24, 2.45) is 0 Å². The highest BCUT2D eigenvalue weighted by atomic mass is 16.5. The third-order valence-electron chi connectivity index (χ3n) is 2.33. The van der Waals surface area contributed by atoms with Crippen molar-refractivity contribution in [2.75, 3.05) is 13.2 Å². The fourth-order valence-corrected chi connectivity index (χ4v) is 1.57. The fraction of sp³-hybridized carbons (Fsp3) is 0.714. The van der Waals surface area contributed by atoms with Gasteiger partial charge in [-0.15, -0.1) is 0 Å². The van der Waals surface area contributed by atoms with Crippen molar-refractivity contribution in [3.63, 3.8) is 0 Å². The third kappa shape index (κ3) is 11.6. The van der Waals surface area contributed by atoms with Crippen molar-refractivity contribution in [3.05, 3.63) is 23.3 Å². The van der Waals surface area contributed by atoms with Gasteiger partial charge >= 0.3 is 0 Å². The number of aliphatic hydroxyl groups excluding tert-OH is 2. The molecule has 0 radical (unpaired) electrons. The Bertz CT molecular complexity index is 226. The molecule has 2 unspecified atom stereocenters. The van der Waals surface area contributed by atoms with Crippen LogP contribution >= 0.6 is 0 Å². The van der Waals surface area contributed by atoms with E-state index < -0.39 is 0 Å². The monoisotopic (exact) mass is 242 g/mol. The highest BCUT2D eigenvalue weighted by Crippen LogP contribution is 2.05. The minimum Gasteiger partial charge on any atom is -0.393 e. The number of ether oxygens (including phenoxy) is 1. The summed E-state index contributed by atoms with van der Waals surface area (Å²) in [5.74, 6) is 0. The third-order valence-corrected chi connectivity index (χ3v) is 2.33. The zero-order chi connectivity index (χ0) is 13.3.